The Bertz CT molecular complexity index is 455. The molecule has 0 bridgehead atoms. The second kappa shape index (κ2) is 8.19. The van der Waals surface area contributed by atoms with Gasteiger partial charge in [0.1, 0.15) is 5.75 Å². The van der Waals surface area contributed by atoms with E-state index in [1.54, 1.807) is 38.1 Å². The number of carbonyl (C=O) groups is 2. The number of aromatic hydroxyl groups is 1. The predicted molar refractivity (Wildman–Crippen MR) is 73.2 cm³/mol. The molecule has 1 rings (SSSR count). The molecule has 0 heterocycles. The zero-order valence-electron chi connectivity index (χ0n) is 11.8. The number of rotatable bonds is 7. The second-order valence-corrected chi connectivity index (χ2v) is 4.33. The van der Waals surface area contributed by atoms with Crippen molar-refractivity contribution >= 4 is 11.9 Å². The number of esters is 2. The van der Waals surface area contributed by atoms with Crippen molar-refractivity contribution in [3.05, 3.63) is 29.8 Å². The zero-order chi connectivity index (χ0) is 15.0. The molecule has 0 unspecified atom stereocenters. The van der Waals surface area contributed by atoms with Crippen molar-refractivity contribution in [2.24, 2.45) is 5.92 Å². The van der Waals surface area contributed by atoms with Crippen LogP contribution in [0.25, 0.3) is 0 Å². The number of benzene rings is 1. The molecule has 110 valence electrons. The van der Waals surface area contributed by atoms with E-state index in [1.165, 1.54) is 0 Å². The van der Waals surface area contributed by atoms with Gasteiger partial charge in [0.2, 0.25) is 0 Å². The lowest BCUT2D eigenvalue weighted by Crippen LogP contribution is -2.24. The molecule has 0 aliphatic heterocycles. The van der Waals surface area contributed by atoms with Gasteiger partial charge in [-0.3, -0.25) is 9.59 Å². The zero-order valence-corrected chi connectivity index (χ0v) is 11.8. The van der Waals surface area contributed by atoms with Gasteiger partial charge in [0.15, 0.2) is 0 Å². The molecule has 1 aromatic carbocycles. The summed E-state index contributed by atoms with van der Waals surface area (Å²) in [7, 11) is 0. The van der Waals surface area contributed by atoms with Gasteiger partial charge in [-0.05, 0) is 38.0 Å². The molecule has 1 N–H and O–H groups in total. The molecule has 0 fully saturated rings. The summed E-state index contributed by atoms with van der Waals surface area (Å²) in [5.41, 5.74) is 0.771. The quantitative estimate of drug-likeness (QED) is 0.774. The molecular formula is C15H20O5. The summed E-state index contributed by atoms with van der Waals surface area (Å²) in [6.07, 6.45) is 0.300. The molecule has 0 spiro atoms. The highest BCUT2D eigenvalue weighted by atomic mass is 16.5. The number of hydrogen-bond donors (Lipinski definition) is 1. The largest absolute Gasteiger partial charge is 0.508 e. The van der Waals surface area contributed by atoms with Crippen LogP contribution in [0.3, 0.4) is 0 Å². The molecule has 5 nitrogen and oxygen atoms in total. The van der Waals surface area contributed by atoms with Crippen molar-refractivity contribution in [1.29, 1.82) is 0 Å². The molecule has 0 aliphatic rings. The molecule has 0 aromatic heterocycles. The van der Waals surface area contributed by atoms with Crippen LogP contribution >= 0.6 is 0 Å². The first kappa shape index (κ1) is 16.0. The van der Waals surface area contributed by atoms with Gasteiger partial charge < -0.3 is 14.6 Å². The summed E-state index contributed by atoms with van der Waals surface area (Å²) in [4.78, 5) is 23.4. The fourth-order valence-electron chi connectivity index (χ4n) is 1.89. The fourth-order valence-corrected chi connectivity index (χ4v) is 1.89. The van der Waals surface area contributed by atoms with Crippen molar-refractivity contribution in [3.8, 4) is 5.75 Å². The molecule has 0 saturated heterocycles. The Morgan fingerprint density at radius 3 is 2.50 bits per heavy atom. The van der Waals surface area contributed by atoms with E-state index < -0.39 is 17.9 Å². The Kier molecular flexibility index (Phi) is 6.56. The summed E-state index contributed by atoms with van der Waals surface area (Å²) in [6.45, 7) is 3.97. The van der Waals surface area contributed by atoms with Crippen molar-refractivity contribution in [2.45, 2.75) is 26.7 Å². The summed E-state index contributed by atoms with van der Waals surface area (Å²) < 4.78 is 9.84. The Hall–Kier alpha value is -2.04. The van der Waals surface area contributed by atoms with E-state index in [0.29, 0.717) is 6.42 Å². The molecule has 1 atom stereocenters. The minimum atomic E-state index is -0.601. The van der Waals surface area contributed by atoms with E-state index >= 15 is 0 Å². The minimum absolute atomic E-state index is 0.0255. The maximum atomic E-state index is 11.9. The Morgan fingerprint density at radius 2 is 1.90 bits per heavy atom. The molecule has 0 amide bonds. The Labute approximate surface area is 118 Å². The van der Waals surface area contributed by atoms with E-state index in [4.69, 9.17) is 9.47 Å². The van der Waals surface area contributed by atoms with Gasteiger partial charge in [0.25, 0.3) is 0 Å². The monoisotopic (exact) mass is 280 g/mol. The average molecular weight is 280 g/mol. The van der Waals surface area contributed by atoms with Gasteiger partial charge in [-0.1, -0.05) is 12.1 Å². The minimum Gasteiger partial charge on any atom is -0.508 e. The lowest BCUT2D eigenvalue weighted by atomic mass is 9.96. The first-order valence-electron chi connectivity index (χ1n) is 6.67. The highest BCUT2D eigenvalue weighted by molar-refractivity contribution is 5.80. The topological polar surface area (TPSA) is 72.8 Å². The van der Waals surface area contributed by atoms with Crippen LogP contribution in [0.15, 0.2) is 24.3 Å². The maximum Gasteiger partial charge on any atom is 0.309 e. The van der Waals surface area contributed by atoms with Crippen molar-refractivity contribution < 1.29 is 24.2 Å². The molecule has 1 aromatic rings. The van der Waals surface area contributed by atoms with Crippen LogP contribution in [-0.4, -0.2) is 30.3 Å². The predicted octanol–water partition coefficient (Wildman–Crippen LogP) is 2.07. The average Bonchev–Trinajstić information content (AvgIpc) is 2.38. The highest BCUT2D eigenvalue weighted by Gasteiger charge is 2.24. The number of ether oxygens (including phenoxy) is 2. The van der Waals surface area contributed by atoms with Crippen molar-refractivity contribution in [2.75, 3.05) is 13.2 Å². The first-order valence-corrected chi connectivity index (χ1v) is 6.67. The Morgan fingerprint density at radius 1 is 1.20 bits per heavy atom. The standard InChI is InChI=1S/C15H20O5/c1-3-19-14(17)10-12(15(18)20-4-2)8-11-6-5-7-13(16)9-11/h5-7,9,12,16H,3-4,8,10H2,1-2H3/t12-/m1/s1. The third-order valence-electron chi connectivity index (χ3n) is 2.73. The highest BCUT2D eigenvalue weighted by Crippen LogP contribution is 2.18. The van der Waals surface area contributed by atoms with E-state index in [1.807, 2.05) is 0 Å². The molecule has 0 radical (unpaired) electrons. The number of phenolic OH excluding ortho intramolecular Hbond substituents is 1. The van der Waals surface area contributed by atoms with Gasteiger partial charge in [0.05, 0.1) is 25.6 Å². The van der Waals surface area contributed by atoms with Crippen LogP contribution in [0.4, 0.5) is 0 Å². The normalized spacial score (nSPS) is 11.7. The smallest absolute Gasteiger partial charge is 0.309 e. The Balaban J connectivity index is 2.76. The van der Waals surface area contributed by atoms with Crippen LogP contribution in [0.2, 0.25) is 0 Å². The van der Waals surface area contributed by atoms with Gasteiger partial charge in [0, 0.05) is 0 Å². The van der Waals surface area contributed by atoms with Crippen LogP contribution in [0.1, 0.15) is 25.8 Å². The van der Waals surface area contributed by atoms with Gasteiger partial charge >= 0.3 is 11.9 Å². The van der Waals surface area contributed by atoms with E-state index in [9.17, 15) is 14.7 Å². The maximum absolute atomic E-state index is 11.9. The first-order chi connectivity index (χ1) is 9.56. The lowest BCUT2D eigenvalue weighted by Gasteiger charge is -2.15. The van der Waals surface area contributed by atoms with Crippen LogP contribution < -0.4 is 0 Å². The second-order valence-electron chi connectivity index (χ2n) is 4.33. The van der Waals surface area contributed by atoms with E-state index in [-0.39, 0.29) is 25.4 Å². The third-order valence-corrected chi connectivity index (χ3v) is 2.73. The van der Waals surface area contributed by atoms with Gasteiger partial charge in [-0.25, -0.2) is 0 Å². The van der Waals surface area contributed by atoms with Crippen molar-refractivity contribution in [1.82, 2.24) is 0 Å². The van der Waals surface area contributed by atoms with Gasteiger partial charge in [-0.2, -0.15) is 0 Å². The number of hydrogen-bond acceptors (Lipinski definition) is 5. The van der Waals surface area contributed by atoms with Gasteiger partial charge in [-0.15, -0.1) is 0 Å². The van der Waals surface area contributed by atoms with Crippen molar-refractivity contribution in [3.63, 3.8) is 0 Å². The third kappa shape index (κ3) is 5.30. The number of carbonyl (C=O) groups excluding carboxylic acids is 2. The SMILES string of the molecule is CCOC(=O)C[C@@H](Cc1cccc(O)c1)C(=O)OCC. The van der Waals surface area contributed by atoms with Crippen LogP contribution in [-0.2, 0) is 25.5 Å². The van der Waals surface area contributed by atoms with E-state index in [2.05, 4.69) is 0 Å². The molecule has 5 heteroatoms. The van der Waals surface area contributed by atoms with Crippen LogP contribution in [0.5, 0.6) is 5.75 Å². The summed E-state index contributed by atoms with van der Waals surface area (Å²) in [6, 6.07) is 6.60. The molecular weight excluding hydrogens is 260 g/mol. The summed E-state index contributed by atoms with van der Waals surface area (Å²) >= 11 is 0. The summed E-state index contributed by atoms with van der Waals surface area (Å²) in [5.74, 6) is -1.33. The van der Waals surface area contributed by atoms with E-state index in [0.717, 1.165) is 5.56 Å². The lowest BCUT2D eigenvalue weighted by molar-refractivity contribution is -0.154. The number of phenols is 1. The fraction of sp³-hybridized carbons (Fsp3) is 0.467. The molecule has 20 heavy (non-hydrogen) atoms. The van der Waals surface area contributed by atoms with Crippen LogP contribution in [0, 0.1) is 5.92 Å². The molecule has 0 aliphatic carbocycles. The molecule has 0 saturated carbocycles. The summed E-state index contributed by atoms with van der Waals surface area (Å²) in [5, 5.41) is 9.43.